The number of aliphatic hydroxyl groups excluding tert-OH is 1. The van der Waals surface area contributed by atoms with Crippen molar-refractivity contribution in [1.29, 1.82) is 0 Å². The summed E-state index contributed by atoms with van der Waals surface area (Å²) in [6.45, 7) is 8.20. The minimum atomic E-state index is -0.267. The maximum atomic E-state index is 10.2. The molecule has 0 aromatic heterocycles. The Bertz CT molecular complexity index is 684. The molecule has 5 heteroatoms. The molecule has 0 spiro atoms. The van der Waals surface area contributed by atoms with Crippen molar-refractivity contribution in [2.75, 3.05) is 32.8 Å². The third-order valence-electron chi connectivity index (χ3n) is 4.89. The molecule has 0 unspecified atom stereocenters. The zero-order valence-corrected chi connectivity index (χ0v) is 15.1. The first-order chi connectivity index (χ1) is 11.0. The molecule has 0 amide bonds. The molecule has 0 saturated carbocycles. The van der Waals surface area contributed by atoms with E-state index in [1.165, 1.54) is 5.56 Å². The summed E-state index contributed by atoms with van der Waals surface area (Å²) in [5.74, 6) is 0.310. The van der Waals surface area contributed by atoms with Crippen LogP contribution in [0, 0.1) is 5.41 Å². The zero-order valence-electron chi connectivity index (χ0n) is 14.3. The van der Waals surface area contributed by atoms with Crippen molar-refractivity contribution >= 4 is 23.2 Å². The third kappa shape index (κ3) is 3.52. The van der Waals surface area contributed by atoms with Gasteiger partial charge >= 0.3 is 0 Å². The van der Waals surface area contributed by atoms with E-state index in [0.29, 0.717) is 5.75 Å². The van der Waals surface area contributed by atoms with Crippen molar-refractivity contribution in [3.8, 4) is 5.75 Å². The molecule has 1 saturated heterocycles. The molecule has 1 aliphatic heterocycles. The highest BCUT2D eigenvalue weighted by Crippen LogP contribution is 2.42. The average molecular weight is 351 g/mol. The fourth-order valence-electron chi connectivity index (χ4n) is 3.68. The van der Waals surface area contributed by atoms with Gasteiger partial charge in [-0.25, -0.2) is 0 Å². The maximum absolute atomic E-state index is 10.2. The Balaban J connectivity index is 0.00000208. The Morgan fingerprint density at radius 1 is 1.08 bits per heavy atom. The van der Waals surface area contributed by atoms with E-state index in [9.17, 15) is 10.2 Å². The maximum Gasteiger partial charge on any atom is 0.123 e. The summed E-state index contributed by atoms with van der Waals surface area (Å²) in [5, 5.41) is 25.5. The Labute approximate surface area is 149 Å². The van der Waals surface area contributed by atoms with Crippen LogP contribution in [0.15, 0.2) is 36.4 Å². The number of phenolic OH excluding ortho intramolecular Hbond substituents is 1. The lowest BCUT2D eigenvalue weighted by molar-refractivity contribution is 0.0313. The second-order valence-corrected chi connectivity index (χ2v) is 7.05. The third-order valence-corrected chi connectivity index (χ3v) is 4.89. The zero-order chi connectivity index (χ0) is 16.4. The summed E-state index contributed by atoms with van der Waals surface area (Å²) < 4.78 is 0. The summed E-state index contributed by atoms with van der Waals surface area (Å²) in [5.41, 5.74) is 0.913. The van der Waals surface area contributed by atoms with Crippen LogP contribution in [0.4, 0.5) is 0 Å². The highest BCUT2D eigenvalue weighted by Gasteiger charge is 2.36. The lowest BCUT2D eigenvalue weighted by atomic mass is 9.78. The number of hydrogen-bond donors (Lipinski definition) is 3. The van der Waals surface area contributed by atoms with Gasteiger partial charge in [0, 0.05) is 49.6 Å². The van der Waals surface area contributed by atoms with E-state index in [1.54, 1.807) is 6.07 Å². The standard InChI is InChI=1S/C19H26N2O2.ClH/c1-19(2,13-22)18(21-11-9-20-10-12-21)16-7-8-17(23)15-6-4-3-5-14(15)16;/h3-8,18,20,22-23H,9-13H2,1-2H3;1H/t18-;/m0./s1. The van der Waals surface area contributed by atoms with E-state index < -0.39 is 0 Å². The first-order valence-corrected chi connectivity index (χ1v) is 8.31. The Kier molecular flexibility index (Phi) is 6.10. The van der Waals surface area contributed by atoms with E-state index in [1.807, 2.05) is 24.3 Å². The number of piperazine rings is 1. The van der Waals surface area contributed by atoms with Gasteiger partial charge in [0.2, 0.25) is 0 Å². The first kappa shape index (κ1) is 19.0. The SMILES string of the molecule is CC(C)(CO)[C@H](c1ccc(O)c2ccccc12)N1CCNCC1.Cl. The minimum absolute atomic E-state index is 0. The van der Waals surface area contributed by atoms with Gasteiger partial charge in [-0.3, -0.25) is 4.90 Å². The summed E-state index contributed by atoms with van der Waals surface area (Å²) in [6, 6.07) is 11.9. The molecule has 4 nitrogen and oxygen atoms in total. The normalized spacial score (nSPS) is 17.5. The van der Waals surface area contributed by atoms with Crippen molar-refractivity contribution in [3.05, 3.63) is 42.0 Å². The molecule has 1 fully saturated rings. The number of phenols is 1. The molecular weight excluding hydrogens is 324 g/mol. The lowest BCUT2D eigenvalue weighted by Gasteiger charge is -2.44. The van der Waals surface area contributed by atoms with Gasteiger partial charge in [-0.15, -0.1) is 12.4 Å². The first-order valence-electron chi connectivity index (χ1n) is 8.31. The van der Waals surface area contributed by atoms with Crippen molar-refractivity contribution in [2.24, 2.45) is 5.41 Å². The van der Waals surface area contributed by atoms with E-state index in [-0.39, 0.29) is 30.5 Å². The van der Waals surface area contributed by atoms with Crippen LogP contribution in [-0.2, 0) is 0 Å². The van der Waals surface area contributed by atoms with Gasteiger partial charge in [-0.05, 0) is 17.0 Å². The fraction of sp³-hybridized carbons (Fsp3) is 0.474. The van der Waals surface area contributed by atoms with Gasteiger partial charge in [-0.1, -0.05) is 44.2 Å². The number of hydrogen-bond acceptors (Lipinski definition) is 4. The quantitative estimate of drug-likeness (QED) is 0.793. The van der Waals surface area contributed by atoms with Crippen molar-refractivity contribution in [3.63, 3.8) is 0 Å². The molecule has 1 heterocycles. The van der Waals surface area contributed by atoms with Crippen LogP contribution in [0.25, 0.3) is 10.8 Å². The second kappa shape index (κ2) is 7.70. The number of nitrogens with one attached hydrogen (secondary N) is 1. The number of halogens is 1. The van der Waals surface area contributed by atoms with Crippen LogP contribution in [0.5, 0.6) is 5.75 Å². The summed E-state index contributed by atoms with van der Waals surface area (Å²) in [4.78, 5) is 2.45. The van der Waals surface area contributed by atoms with Gasteiger partial charge < -0.3 is 15.5 Å². The van der Waals surface area contributed by atoms with Crippen LogP contribution < -0.4 is 5.32 Å². The Hall–Kier alpha value is -1.33. The fourth-order valence-corrected chi connectivity index (χ4v) is 3.68. The van der Waals surface area contributed by atoms with Crippen molar-refractivity contribution in [2.45, 2.75) is 19.9 Å². The van der Waals surface area contributed by atoms with E-state index in [4.69, 9.17) is 0 Å². The molecule has 0 radical (unpaired) electrons. The van der Waals surface area contributed by atoms with Crippen molar-refractivity contribution in [1.82, 2.24) is 10.2 Å². The van der Waals surface area contributed by atoms with E-state index in [0.717, 1.165) is 37.0 Å². The highest BCUT2D eigenvalue weighted by molar-refractivity contribution is 5.91. The minimum Gasteiger partial charge on any atom is -0.507 e. The predicted molar refractivity (Wildman–Crippen MR) is 101 cm³/mol. The van der Waals surface area contributed by atoms with Gasteiger partial charge in [-0.2, -0.15) is 0 Å². The molecule has 3 rings (SSSR count). The molecule has 0 aliphatic carbocycles. The van der Waals surface area contributed by atoms with Crippen LogP contribution in [-0.4, -0.2) is 47.9 Å². The smallest absolute Gasteiger partial charge is 0.123 e. The molecular formula is C19H27ClN2O2. The lowest BCUT2D eigenvalue weighted by Crippen LogP contribution is -2.49. The van der Waals surface area contributed by atoms with Gasteiger partial charge in [0.25, 0.3) is 0 Å². The Morgan fingerprint density at radius 3 is 2.33 bits per heavy atom. The molecule has 3 N–H and O–H groups in total. The molecule has 2 aromatic carbocycles. The Morgan fingerprint density at radius 2 is 1.71 bits per heavy atom. The summed E-state index contributed by atoms with van der Waals surface area (Å²) in [7, 11) is 0. The molecule has 1 atom stereocenters. The topological polar surface area (TPSA) is 55.7 Å². The summed E-state index contributed by atoms with van der Waals surface area (Å²) >= 11 is 0. The van der Waals surface area contributed by atoms with Crippen LogP contribution >= 0.6 is 12.4 Å². The number of nitrogens with zero attached hydrogens (tertiary/aromatic N) is 1. The molecule has 0 bridgehead atoms. The molecule has 2 aromatic rings. The number of fused-ring (bicyclic) bond motifs is 1. The average Bonchev–Trinajstić information content (AvgIpc) is 2.58. The molecule has 1 aliphatic rings. The second-order valence-electron chi connectivity index (χ2n) is 7.05. The van der Waals surface area contributed by atoms with Crippen molar-refractivity contribution < 1.29 is 10.2 Å². The predicted octanol–water partition coefficient (Wildman–Crippen LogP) is 2.93. The number of benzene rings is 2. The largest absolute Gasteiger partial charge is 0.507 e. The van der Waals surface area contributed by atoms with Crippen LogP contribution in [0.2, 0.25) is 0 Å². The highest BCUT2D eigenvalue weighted by atomic mass is 35.5. The van der Waals surface area contributed by atoms with E-state index in [2.05, 4.69) is 30.1 Å². The summed E-state index contributed by atoms with van der Waals surface area (Å²) in [6.07, 6.45) is 0. The van der Waals surface area contributed by atoms with Gasteiger partial charge in [0.15, 0.2) is 0 Å². The number of aromatic hydroxyl groups is 1. The molecule has 24 heavy (non-hydrogen) atoms. The monoisotopic (exact) mass is 350 g/mol. The van der Waals surface area contributed by atoms with Gasteiger partial charge in [0.1, 0.15) is 5.75 Å². The number of rotatable bonds is 4. The van der Waals surface area contributed by atoms with E-state index >= 15 is 0 Å². The van der Waals surface area contributed by atoms with Crippen LogP contribution in [0.1, 0.15) is 25.5 Å². The number of aliphatic hydroxyl groups is 1. The molecule has 132 valence electrons. The van der Waals surface area contributed by atoms with Crippen LogP contribution in [0.3, 0.4) is 0 Å². The van der Waals surface area contributed by atoms with Gasteiger partial charge in [0.05, 0.1) is 0 Å².